The summed E-state index contributed by atoms with van der Waals surface area (Å²) < 4.78 is 1.81. The summed E-state index contributed by atoms with van der Waals surface area (Å²) in [6.45, 7) is 1.95. The van der Waals surface area contributed by atoms with Gasteiger partial charge in [0.2, 0.25) is 5.82 Å². The third-order valence-corrected chi connectivity index (χ3v) is 4.78. The van der Waals surface area contributed by atoms with Crippen molar-refractivity contribution in [1.82, 2.24) is 24.6 Å². The van der Waals surface area contributed by atoms with Gasteiger partial charge < -0.3 is 4.90 Å². The van der Waals surface area contributed by atoms with Crippen molar-refractivity contribution in [3.63, 3.8) is 0 Å². The monoisotopic (exact) mass is 347 g/mol. The van der Waals surface area contributed by atoms with Crippen LogP contribution < -0.4 is 0 Å². The number of para-hydroxylation sites is 1. The van der Waals surface area contributed by atoms with E-state index in [1.165, 1.54) is 0 Å². The van der Waals surface area contributed by atoms with E-state index in [0.717, 1.165) is 30.0 Å². The maximum Gasteiger partial charge on any atom is 0.293 e. The number of aromatic nitrogens is 4. The van der Waals surface area contributed by atoms with Crippen LogP contribution in [0.3, 0.4) is 0 Å². The third kappa shape index (κ3) is 3.10. The van der Waals surface area contributed by atoms with E-state index in [-0.39, 0.29) is 17.8 Å². The normalized spacial score (nSPS) is 14.8. The van der Waals surface area contributed by atoms with Crippen LogP contribution in [0.15, 0.2) is 54.7 Å². The predicted molar refractivity (Wildman–Crippen MR) is 98.1 cm³/mol. The van der Waals surface area contributed by atoms with Crippen LogP contribution in [0.2, 0.25) is 0 Å². The SMILES string of the molecule is C[C@@H](c1ccccn1)N(C)C(=O)c1nc(C2CC2)n(-c2ccccc2)n1. The van der Waals surface area contributed by atoms with Crippen molar-refractivity contribution in [2.45, 2.75) is 31.7 Å². The van der Waals surface area contributed by atoms with Crippen molar-refractivity contribution in [3.8, 4) is 5.69 Å². The fourth-order valence-corrected chi connectivity index (χ4v) is 2.93. The minimum absolute atomic E-state index is 0.156. The van der Waals surface area contributed by atoms with E-state index in [0.29, 0.717) is 5.92 Å². The van der Waals surface area contributed by atoms with Crippen molar-refractivity contribution >= 4 is 5.91 Å². The Balaban J connectivity index is 1.64. The molecule has 6 nitrogen and oxygen atoms in total. The summed E-state index contributed by atoms with van der Waals surface area (Å²) in [5.74, 6) is 1.31. The van der Waals surface area contributed by atoms with E-state index in [9.17, 15) is 4.79 Å². The van der Waals surface area contributed by atoms with Gasteiger partial charge in [-0.25, -0.2) is 9.67 Å². The highest BCUT2D eigenvalue weighted by atomic mass is 16.2. The van der Waals surface area contributed by atoms with Gasteiger partial charge in [-0.2, -0.15) is 0 Å². The average molecular weight is 347 g/mol. The summed E-state index contributed by atoms with van der Waals surface area (Å²) in [5.41, 5.74) is 1.77. The first-order valence-electron chi connectivity index (χ1n) is 8.85. The van der Waals surface area contributed by atoms with Crippen LogP contribution in [0.5, 0.6) is 0 Å². The van der Waals surface area contributed by atoms with Gasteiger partial charge in [0.25, 0.3) is 5.91 Å². The fraction of sp³-hybridized carbons (Fsp3) is 0.300. The molecule has 1 aromatic carbocycles. The number of rotatable bonds is 5. The Morgan fingerprint density at radius 3 is 2.54 bits per heavy atom. The molecule has 1 aliphatic rings. The maximum absolute atomic E-state index is 13.0. The molecule has 1 fully saturated rings. The zero-order valence-electron chi connectivity index (χ0n) is 14.9. The Kier molecular flexibility index (Phi) is 4.24. The van der Waals surface area contributed by atoms with E-state index < -0.39 is 0 Å². The van der Waals surface area contributed by atoms with E-state index in [1.54, 1.807) is 18.1 Å². The molecule has 2 aromatic heterocycles. The van der Waals surface area contributed by atoms with E-state index >= 15 is 0 Å². The number of benzene rings is 1. The number of hydrogen-bond acceptors (Lipinski definition) is 4. The van der Waals surface area contributed by atoms with Crippen molar-refractivity contribution < 1.29 is 4.79 Å². The van der Waals surface area contributed by atoms with Gasteiger partial charge in [-0.1, -0.05) is 24.3 Å². The molecule has 2 heterocycles. The second kappa shape index (κ2) is 6.71. The first-order chi connectivity index (χ1) is 12.6. The lowest BCUT2D eigenvalue weighted by Gasteiger charge is -2.23. The van der Waals surface area contributed by atoms with Crippen LogP contribution in [-0.4, -0.2) is 37.6 Å². The first-order valence-corrected chi connectivity index (χ1v) is 8.85. The van der Waals surface area contributed by atoms with Gasteiger partial charge in [-0.15, -0.1) is 5.10 Å². The molecule has 6 heteroatoms. The third-order valence-electron chi connectivity index (χ3n) is 4.78. The largest absolute Gasteiger partial charge is 0.331 e. The van der Waals surface area contributed by atoms with Crippen molar-refractivity contribution in [2.24, 2.45) is 0 Å². The van der Waals surface area contributed by atoms with Gasteiger partial charge in [0.05, 0.1) is 17.4 Å². The molecule has 0 bridgehead atoms. The van der Waals surface area contributed by atoms with Gasteiger partial charge in [-0.05, 0) is 44.0 Å². The van der Waals surface area contributed by atoms with Gasteiger partial charge >= 0.3 is 0 Å². The predicted octanol–water partition coefficient (Wildman–Crippen LogP) is 3.37. The molecule has 1 saturated carbocycles. The number of carbonyl (C=O) groups excluding carboxylic acids is 1. The Bertz CT molecular complexity index is 902. The zero-order valence-corrected chi connectivity index (χ0v) is 14.9. The topological polar surface area (TPSA) is 63.9 Å². The highest BCUT2D eigenvalue weighted by molar-refractivity contribution is 5.90. The van der Waals surface area contributed by atoms with Gasteiger partial charge in [0.15, 0.2) is 0 Å². The van der Waals surface area contributed by atoms with Crippen LogP contribution in [0.4, 0.5) is 0 Å². The molecule has 0 aliphatic heterocycles. The lowest BCUT2D eigenvalue weighted by atomic mass is 10.2. The second-order valence-electron chi connectivity index (χ2n) is 6.66. The van der Waals surface area contributed by atoms with Crippen LogP contribution >= 0.6 is 0 Å². The molecule has 0 spiro atoms. The number of amides is 1. The zero-order chi connectivity index (χ0) is 18.1. The molecule has 0 unspecified atom stereocenters. The highest BCUT2D eigenvalue weighted by Gasteiger charge is 2.32. The first kappa shape index (κ1) is 16.4. The summed E-state index contributed by atoms with van der Waals surface area (Å²) in [7, 11) is 1.77. The Morgan fingerprint density at radius 2 is 1.88 bits per heavy atom. The summed E-state index contributed by atoms with van der Waals surface area (Å²) in [4.78, 5) is 23.5. The van der Waals surface area contributed by atoms with Gasteiger partial charge in [-0.3, -0.25) is 9.78 Å². The molecular weight excluding hydrogens is 326 g/mol. The molecular formula is C20H21N5O. The minimum atomic E-state index is -0.195. The molecule has 3 aromatic rings. The number of nitrogens with zero attached hydrogens (tertiary/aromatic N) is 5. The molecule has 26 heavy (non-hydrogen) atoms. The summed E-state index contributed by atoms with van der Waals surface area (Å²) >= 11 is 0. The molecule has 0 N–H and O–H groups in total. The highest BCUT2D eigenvalue weighted by Crippen LogP contribution is 2.39. The lowest BCUT2D eigenvalue weighted by Crippen LogP contribution is -2.31. The van der Waals surface area contributed by atoms with Gasteiger partial charge in [0, 0.05) is 19.2 Å². The molecule has 0 radical (unpaired) electrons. The van der Waals surface area contributed by atoms with E-state index in [1.807, 2.05) is 60.1 Å². The molecule has 1 atom stereocenters. The molecule has 132 valence electrons. The average Bonchev–Trinajstić information content (AvgIpc) is 3.45. The summed E-state index contributed by atoms with van der Waals surface area (Å²) in [5, 5.41) is 4.53. The minimum Gasteiger partial charge on any atom is -0.331 e. The fourth-order valence-electron chi connectivity index (χ4n) is 2.93. The van der Waals surface area contributed by atoms with Crippen molar-refractivity contribution in [2.75, 3.05) is 7.05 Å². The van der Waals surface area contributed by atoms with E-state index in [4.69, 9.17) is 0 Å². The maximum atomic E-state index is 13.0. The Hall–Kier alpha value is -3.02. The lowest BCUT2D eigenvalue weighted by molar-refractivity contribution is 0.0727. The van der Waals surface area contributed by atoms with Crippen LogP contribution in [-0.2, 0) is 0 Å². The number of pyridine rings is 1. The molecule has 1 amide bonds. The van der Waals surface area contributed by atoms with Crippen LogP contribution in [0, 0.1) is 0 Å². The molecule has 1 aliphatic carbocycles. The quantitative estimate of drug-likeness (QED) is 0.710. The van der Waals surface area contributed by atoms with E-state index in [2.05, 4.69) is 15.1 Å². The number of hydrogen-bond donors (Lipinski definition) is 0. The van der Waals surface area contributed by atoms with Crippen LogP contribution in [0.1, 0.15) is 53.9 Å². The Morgan fingerprint density at radius 1 is 1.15 bits per heavy atom. The summed E-state index contributed by atoms with van der Waals surface area (Å²) in [6.07, 6.45) is 3.93. The molecule has 0 saturated heterocycles. The smallest absolute Gasteiger partial charge is 0.293 e. The second-order valence-corrected chi connectivity index (χ2v) is 6.66. The van der Waals surface area contributed by atoms with Gasteiger partial charge in [0.1, 0.15) is 5.82 Å². The summed E-state index contributed by atoms with van der Waals surface area (Å²) in [6, 6.07) is 15.4. The van der Waals surface area contributed by atoms with Crippen LogP contribution in [0.25, 0.3) is 5.69 Å². The standard InChI is InChI=1S/C20H21N5O/c1-14(17-10-6-7-13-21-17)24(2)20(26)18-22-19(15-11-12-15)25(23-18)16-8-4-3-5-9-16/h3-10,13-15H,11-12H2,1-2H3/t14-/m0/s1. The Labute approximate surface area is 152 Å². The molecule has 4 rings (SSSR count). The number of carbonyl (C=O) groups is 1. The van der Waals surface area contributed by atoms with Crippen molar-refractivity contribution in [3.05, 3.63) is 72.1 Å². The van der Waals surface area contributed by atoms with Crippen molar-refractivity contribution in [1.29, 1.82) is 0 Å².